The molecule has 0 amide bonds. The topological polar surface area (TPSA) is 41.9 Å². The first-order chi connectivity index (χ1) is 11.7. The van der Waals surface area contributed by atoms with E-state index in [0.717, 1.165) is 44.0 Å². The minimum Gasteiger partial charge on any atom is -0.493 e. The molecule has 1 saturated heterocycles. The summed E-state index contributed by atoms with van der Waals surface area (Å²) in [6.45, 7) is 2.69. The number of aliphatic hydroxyl groups is 1. The van der Waals surface area contributed by atoms with Crippen LogP contribution in [0, 0.1) is 0 Å². The molecule has 24 heavy (non-hydrogen) atoms. The van der Waals surface area contributed by atoms with Crippen molar-refractivity contribution in [2.75, 3.05) is 27.3 Å². The van der Waals surface area contributed by atoms with Crippen LogP contribution in [0.4, 0.5) is 0 Å². The van der Waals surface area contributed by atoms with Gasteiger partial charge in [-0.25, -0.2) is 0 Å². The molecule has 128 valence electrons. The average Bonchev–Trinajstić information content (AvgIpc) is 2.64. The molecule has 0 spiro atoms. The first-order valence-electron chi connectivity index (χ1n) is 8.42. The molecule has 4 heteroatoms. The molecule has 0 aromatic heterocycles. The molecule has 1 fully saturated rings. The Morgan fingerprint density at radius 1 is 1.00 bits per heavy atom. The third-order valence-corrected chi connectivity index (χ3v) is 4.65. The van der Waals surface area contributed by atoms with Crippen LogP contribution in [0.2, 0.25) is 0 Å². The highest BCUT2D eigenvalue weighted by atomic mass is 16.5. The second-order valence-corrected chi connectivity index (χ2v) is 6.24. The average molecular weight is 327 g/mol. The summed E-state index contributed by atoms with van der Waals surface area (Å²) < 4.78 is 11.0. The monoisotopic (exact) mass is 327 g/mol. The van der Waals surface area contributed by atoms with E-state index in [0.29, 0.717) is 0 Å². The Morgan fingerprint density at radius 2 is 1.62 bits per heavy atom. The van der Waals surface area contributed by atoms with Crippen LogP contribution >= 0.6 is 0 Å². The van der Waals surface area contributed by atoms with E-state index in [2.05, 4.69) is 29.2 Å². The zero-order chi connectivity index (χ0) is 16.9. The first-order valence-corrected chi connectivity index (χ1v) is 8.42. The molecule has 2 aromatic rings. The maximum absolute atomic E-state index is 9.71. The fourth-order valence-electron chi connectivity index (χ4n) is 3.26. The summed E-state index contributed by atoms with van der Waals surface area (Å²) in [6, 6.07) is 14.5. The fraction of sp³-hybridized carbons (Fsp3) is 0.400. The lowest BCUT2D eigenvalue weighted by Gasteiger charge is -2.30. The molecule has 1 N–H and O–H groups in total. The second kappa shape index (κ2) is 7.69. The van der Waals surface area contributed by atoms with Crippen LogP contribution in [-0.2, 0) is 6.54 Å². The van der Waals surface area contributed by atoms with Gasteiger partial charge >= 0.3 is 0 Å². The Bertz CT molecular complexity index is 664. The zero-order valence-electron chi connectivity index (χ0n) is 14.4. The van der Waals surface area contributed by atoms with Gasteiger partial charge in [0.05, 0.1) is 20.3 Å². The standard InChI is InChI=1S/C20H25NO3/c1-23-19-12-16(14-21-10-8-17(22)9-11-21)18(13-20(19)24-2)15-6-4-3-5-7-15/h3-7,12-13,17,22H,8-11,14H2,1-2H3. The van der Waals surface area contributed by atoms with Gasteiger partial charge in [-0.05, 0) is 41.7 Å². The van der Waals surface area contributed by atoms with Crippen molar-refractivity contribution in [3.8, 4) is 22.6 Å². The molecule has 2 aromatic carbocycles. The van der Waals surface area contributed by atoms with E-state index in [1.54, 1.807) is 14.2 Å². The highest BCUT2D eigenvalue weighted by Gasteiger charge is 2.20. The number of rotatable bonds is 5. The molecule has 0 saturated carbocycles. The smallest absolute Gasteiger partial charge is 0.161 e. The molecule has 1 aliphatic heterocycles. The molecule has 1 aliphatic rings. The molecule has 0 atom stereocenters. The summed E-state index contributed by atoms with van der Waals surface area (Å²) in [7, 11) is 3.33. The highest BCUT2D eigenvalue weighted by Crippen LogP contribution is 2.36. The zero-order valence-corrected chi connectivity index (χ0v) is 14.4. The third kappa shape index (κ3) is 3.71. The minimum absolute atomic E-state index is 0.153. The molecule has 0 aliphatic carbocycles. The Hall–Kier alpha value is -2.04. The van der Waals surface area contributed by atoms with Crippen LogP contribution in [0.1, 0.15) is 18.4 Å². The summed E-state index contributed by atoms with van der Waals surface area (Å²) in [6.07, 6.45) is 1.53. The summed E-state index contributed by atoms with van der Waals surface area (Å²) in [5, 5.41) is 9.71. The number of methoxy groups -OCH3 is 2. The van der Waals surface area contributed by atoms with Crippen molar-refractivity contribution in [2.24, 2.45) is 0 Å². The normalized spacial score (nSPS) is 16.1. The number of benzene rings is 2. The van der Waals surface area contributed by atoms with Gasteiger partial charge in [-0.1, -0.05) is 30.3 Å². The van der Waals surface area contributed by atoms with Gasteiger partial charge in [0.2, 0.25) is 0 Å². The second-order valence-electron chi connectivity index (χ2n) is 6.24. The van der Waals surface area contributed by atoms with Crippen LogP contribution in [-0.4, -0.2) is 43.4 Å². The van der Waals surface area contributed by atoms with Gasteiger partial charge in [0, 0.05) is 19.6 Å². The molecular formula is C20H25NO3. The number of ether oxygens (including phenoxy) is 2. The molecule has 0 unspecified atom stereocenters. The minimum atomic E-state index is -0.153. The van der Waals surface area contributed by atoms with E-state index in [1.165, 1.54) is 16.7 Å². The fourth-order valence-corrected chi connectivity index (χ4v) is 3.26. The Labute approximate surface area is 143 Å². The summed E-state index contributed by atoms with van der Waals surface area (Å²) in [5.74, 6) is 1.50. The van der Waals surface area contributed by atoms with Crippen molar-refractivity contribution in [3.63, 3.8) is 0 Å². The maximum atomic E-state index is 9.71. The number of hydrogen-bond donors (Lipinski definition) is 1. The third-order valence-electron chi connectivity index (χ3n) is 4.65. The predicted octanol–water partition coefficient (Wildman–Crippen LogP) is 3.33. The van der Waals surface area contributed by atoms with Gasteiger partial charge in [-0.3, -0.25) is 4.90 Å². The van der Waals surface area contributed by atoms with E-state index in [-0.39, 0.29) is 6.10 Å². The van der Waals surface area contributed by atoms with Crippen LogP contribution in [0.5, 0.6) is 11.5 Å². The van der Waals surface area contributed by atoms with E-state index in [4.69, 9.17) is 9.47 Å². The predicted molar refractivity (Wildman–Crippen MR) is 95.5 cm³/mol. The van der Waals surface area contributed by atoms with E-state index < -0.39 is 0 Å². The molecule has 4 nitrogen and oxygen atoms in total. The Balaban J connectivity index is 1.96. The van der Waals surface area contributed by atoms with Gasteiger partial charge in [0.1, 0.15) is 0 Å². The van der Waals surface area contributed by atoms with Crippen LogP contribution in [0.3, 0.4) is 0 Å². The number of piperidine rings is 1. The van der Waals surface area contributed by atoms with Crippen LogP contribution in [0.15, 0.2) is 42.5 Å². The molecular weight excluding hydrogens is 302 g/mol. The van der Waals surface area contributed by atoms with Crippen molar-refractivity contribution in [3.05, 3.63) is 48.0 Å². The lowest BCUT2D eigenvalue weighted by molar-refractivity contribution is 0.0793. The van der Waals surface area contributed by atoms with Crippen molar-refractivity contribution in [2.45, 2.75) is 25.5 Å². The maximum Gasteiger partial charge on any atom is 0.161 e. The van der Waals surface area contributed by atoms with Gasteiger partial charge < -0.3 is 14.6 Å². The van der Waals surface area contributed by atoms with Crippen molar-refractivity contribution in [1.82, 2.24) is 4.90 Å². The summed E-state index contributed by atoms with van der Waals surface area (Å²) in [5.41, 5.74) is 3.56. The van der Waals surface area contributed by atoms with Crippen molar-refractivity contribution >= 4 is 0 Å². The van der Waals surface area contributed by atoms with Crippen LogP contribution < -0.4 is 9.47 Å². The number of aliphatic hydroxyl groups excluding tert-OH is 1. The first kappa shape index (κ1) is 16.8. The highest BCUT2D eigenvalue weighted by molar-refractivity contribution is 5.71. The van der Waals surface area contributed by atoms with Crippen molar-refractivity contribution in [1.29, 1.82) is 0 Å². The molecule has 3 rings (SSSR count). The molecule has 0 radical (unpaired) electrons. The van der Waals surface area contributed by atoms with Gasteiger partial charge in [0.25, 0.3) is 0 Å². The molecule has 1 heterocycles. The lowest BCUT2D eigenvalue weighted by Crippen LogP contribution is -2.35. The Morgan fingerprint density at radius 3 is 2.25 bits per heavy atom. The number of nitrogens with zero attached hydrogens (tertiary/aromatic N) is 1. The van der Waals surface area contributed by atoms with E-state index in [1.807, 2.05) is 18.2 Å². The van der Waals surface area contributed by atoms with E-state index >= 15 is 0 Å². The van der Waals surface area contributed by atoms with Gasteiger partial charge in [-0.15, -0.1) is 0 Å². The van der Waals surface area contributed by atoms with Crippen LogP contribution in [0.25, 0.3) is 11.1 Å². The van der Waals surface area contributed by atoms with Gasteiger partial charge in [0.15, 0.2) is 11.5 Å². The summed E-state index contributed by atoms with van der Waals surface area (Å²) >= 11 is 0. The number of likely N-dealkylation sites (tertiary alicyclic amines) is 1. The quantitative estimate of drug-likeness (QED) is 0.915. The Kier molecular flexibility index (Phi) is 5.38. The largest absolute Gasteiger partial charge is 0.493 e. The lowest BCUT2D eigenvalue weighted by atomic mass is 9.97. The molecule has 0 bridgehead atoms. The summed E-state index contributed by atoms with van der Waals surface area (Å²) in [4.78, 5) is 2.39. The van der Waals surface area contributed by atoms with E-state index in [9.17, 15) is 5.11 Å². The van der Waals surface area contributed by atoms with Gasteiger partial charge in [-0.2, -0.15) is 0 Å². The SMILES string of the molecule is COc1cc(CN2CCC(O)CC2)c(-c2ccccc2)cc1OC. The number of hydrogen-bond acceptors (Lipinski definition) is 4. The van der Waals surface area contributed by atoms with Crippen molar-refractivity contribution < 1.29 is 14.6 Å².